The summed E-state index contributed by atoms with van der Waals surface area (Å²) >= 11 is 6.13. The second-order valence-electron chi connectivity index (χ2n) is 5.98. The van der Waals surface area contributed by atoms with Gasteiger partial charge in [0.15, 0.2) is 11.4 Å². The van der Waals surface area contributed by atoms with Crippen molar-refractivity contribution in [3.63, 3.8) is 0 Å². The Morgan fingerprint density at radius 1 is 1.26 bits per heavy atom. The molecule has 0 spiro atoms. The van der Waals surface area contributed by atoms with Gasteiger partial charge in [0, 0.05) is 23.2 Å². The van der Waals surface area contributed by atoms with Crippen LogP contribution < -0.4 is 0 Å². The summed E-state index contributed by atoms with van der Waals surface area (Å²) in [4.78, 5) is 16.4. The number of carbonyl (C=O) groups excluding carboxylic acids is 1. The smallest absolute Gasteiger partial charge is 0.178 e. The Morgan fingerprint density at radius 3 is 2.61 bits per heavy atom. The molecule has 3 rings (SSSR count). The molecule has 0 N–H and O–H groups in total. The molecule has 5 heteroatoms. The molecule has 0 bridgehead atoms. The molecule has 0 radical (unpaired) electrons. The molecule has 23 heavy (non-hydrogen) atoms. The van der Waals surface area contributed by atoms with Gasteiger partial charge in [-0.2, -0.15) is 5.10 Å². The van der Waals surface area contributed by atoms with E-state index in [1.54, 1.807) is 0 Å². The van der Waals surface area contributed by atoms with Crippen LogP contribution >= 0.6 is 11.6 Å². The molecule has 0 fully saturated rings. The molecule has 1 aromatic carbocycles. The number of halogens is 1. The molecule has 3 aromatic rings. The minimum Gasteiger partial charge on any atom is -0.293 e. The monoisotopic (exact) mass is 327 g/mol. The molecule has 0 atom stereocenters. The molecule has 0 amide bonds. The van der Waals surface area contributed by atoms with Crippen LogP contribution in [0, 0.1) is 6.92 Å². The van der Waals surface area contributed by atoms with Gasteiger partial charge in [-0.3, -0.25) is 4.79 Å². The lowest BCUT2D eigenvalue weighted by Gasteiger charge is -2.10. The Kier molecular flexibility index (Phi) is 3.94. The molecule has 118 valence electrons. The number of aryl methyl sites for hydroxylation is 1. The number of hydrogen-bond acceptors (Lipinski definition) is 3. The molecular weight excluding hydrogens is 310 g/mol. The topological polar surface area (TPSA) is 47.3 Å². The van der Waals surface area contributed by atoms with Crippen molar-refractivity contribution in [1.29, 1.82) is 0 Å². The van der Waals surface area contributed by atoms with Crippen molar-refractivity contribution >= 4 is 23.0 Å². The summed E-state index contributed by atoms with van der Waals surface area (Å²) in [5.41, 5.74) is 4.86. The van der Waals surface area contributed by atoms with Gasteiger partial charge in [0.05, 0.1) is 5.69 Å². The van der Waals surface area contributed by atoms with Gasteiger partial charge in [-0.15, -0.1) is 0 Å². The highest BCUT2D eigenvalue weighted by Crippen LogP contribution is 2.31. The fourth-order valence-corrected chi connectivity index (χ4v) is 2.91. The summed E-state index contributed by atoms with van der Waals surface area (Å²) < 4.78 is 1.84. The SMILES string of the molecule is CC(=O)c1cc(C(C)C)n2nc(C)c(-c3cccc(Cl)c3)c2n1. The standard InChI is InChI=1S/C18H18ClN3O/c1-10(2)16-9-15(12(4)23)20-18-17(11(3)21-22(16)18)13-6-5-7-14(19)8-13/h5-10H,1-4H3. The van der Waals surface area contributed by atoms with Crippen LogP contribution in [-0.2, 0) is 0 Å². The van der Waals surface area contributed by atoms with E-state index in [2.05, 4.69) is 23.9 Å². The number of rotatable bonds is 3. The van der Waals surface area contributed by atoms with Crippen LogP contribution in [0.2, 0.25) is 5.02 Å². The Morgan fingerprint density at radius 2 is 2.00 bits per heavy atom. The van der Waals surface area contributed by atoms with E-state index in [0.717, 1.165) is 22.5 Å². The normalized spacial score (nSPS) is 11.4. The fourth-order valence-electron chi connectivity index (χ4n) is 2.72. The lowest BCUT2D eigenvalue weighted by Crippen LogP contribution is -2.07. The summed E-state index contributed by atoms with van der Waals surface area (Å²) in [6.07, 6.45) is 0. The van der Waals surface area contributed by atoms with Crippen LogP contribution in [-0.4, -0.2) is 20.4 Å². The largest absolute Gasteiger partial charge is 0.293 e. The molecule has 2 aromatic heterocycles. The van der Waals surface area contributed by atoms with Gasteiger partial charge < -0.3 is 0 Å². The van der Waals surface area contributed by atoms with E-state index in [4.69, 9.17) is 11.6 Å². The third kappa shape index (κ3) is 2.75. The summed E-state index contributed by atoms with van der Waals surface area (Å²) in [6.45, 7) is 7.64. The zero-order valence-electron chi connectivity index (χ0n) is 13.6. The summed E-state index contributed by atoms with van der Waals surface area (Å²) in [7, 11) is 0. The maximum atomic E-state index is 11.9. The molecule has 4 nitrogen and oxygen atoms in total. The first-order valence-electron chi connectivity index (χ1n) is 7.55. The highest BCUT2D eigenvalue weighted by molar-refractivity contribution is 6.30. The maximum Gasteiger partial charge on any atom is 0.178 e. The molecule has 0 aliphatic heterocycles. The molecule has 0 saturated heterocycles. The first-order chi connectivity index (χ1) is 10.9. The van der Waals surface area contributed by atoms with E-state index in [9.17, 15) is 4.79 Å². The lowest BCUT2D eigenvalue weighted by molar-refractivity contribution is 0.101. The first-order valence-corrected chi connectivity index (χ1v) is 7.93. The molecule has 0 aliphatic rings. The van der Waals surface area contributed by atoms with Crippen LogP contribution in [0.25, 0.3) is 16.8 Å². The molecule has 0 unspecified atom stereocenters. The average Bonchev–Trinajstić information content (AvgIpc) is 2.81. The number of ketones is 1. The van der Waals surface area contributed by atoms with Crippen molar-refractivity contribution < 1.29 is 4.79 Å². The number of aromatic nitrogens is 3. The second-order valence-corrected chi connectivity index (χ2v) is 6.42. The number of carbonyl (C=O) groups is 1. The van der Waals surface area contributed by atoms with Crippen LogP contribution in [0.5, 0.6) is 0 Å². The lowest BCUT2D eigenvalue weighted by atomic mass is 10.1. The van der Waals surface area contributed by atoms with Crippen molar-refractivity contribution in [2.24, 2.45) is 0 Å². The average molecular weight is 328 g/mol. The summed E-state index contributed by atoms with van der Waals surface area (Å²) in [5.74, 6) is 0.176. The van der Waals surface area contributed by atoms with Crippen LogP contribution in [0.15, 0.2) is 30.3 Å². The predicted molar refractivity (Wildman–Crippen MR) is 92.3 cm³/mol. The van der Waals surface area contributed by atoms with Crippen LogP contribution in [0.4, 0.5) is 0 Å². The third-order valence-electron chi connectivity index (χ3n) is 3.86. The summed E-state index contributed by atoms with van der Waals surface area (Å²) in [5, 5.41) is 5.30. The number of nitrogens with zero attached hydrogens (tertiary/aromatic N) is 3. The van der Waals surface area contributed by atoms with Gasteiger partial charge >= 0.3 is 0 Å². The first kappa shape index (κ1) is 15.7. The van der Waals surface area contributed by atoms with Gasteiger partial charge in [0.25, 0.3) is 0 Å². The van der Waals surface area contributed by atoms with E-state index in [1.807, 2.05) is 41.8 Å². The predicted octanol–water partition coefficient (Wildman–Crippen LogP) is 4.68. The van der Waals surface area contributed by atoms with E-state index in [1.165, 1.54) is 6.92 Å². The molecule has 0 saturated carbocycles. The van der Waals surface area contributed by atoms with Crippen LogP contribution in [0.3, 0.4) is 0 Å². The van der Waals surface area contributed by atoms with Crippen molar-refractivity contribution in [3.05, 3.63) is 52.4 Å². The van der Waals surface area contributed by atoms with Gasteiger partial charge in [0.2, 0.25) is 0 Å². The van der Waals surface area contributed by atoms with Crippen molar-refractivity contribution in [3.8, 4) is 11.1 Å². The zero-order valence-corrected chi connectivity index (χ0v) is 14.3. The fraction of sp³-hybridized carbons (Fsp3) is 0.278. The third-order valence-corrected chi connectivity index (χ3v) is 4.09. The summed E-state index contributed by atoms with van der Waals surface area (Å²) in [6, 6.07) is 9.43. The number of Topliss-reactive ketones (excluding diaryl/α,β-unsaturated/α-hetero) is 1. The minimum absolute atomic E-state index is 0.0507. The van der Waals surface area contributed by atoms with Gasteiger partial charge in [-0.25, -0.2) is 9.50 Å². The quantitative estimate of drug-likeness (QED) is 0.656. The Bertz CT molecular complexity index is 912. The number of hydrogen-bond donors (Lipinski definition) is 0. The molecular formula is C18H18ClN3O. The number of fused-ring (bicyclic) bond motifs is 1. The Hall–Kier alpha value is -2.20. The van der Waals surface area contributed by atoms with E-state index >= 15 is 0 Å². The second kappa shape index (κ2) is 5.78. The maximum absolute atomic E-state index is 11.9. The number of benzene rings is 1. The van der Waals surface area contributed by atoms with Crippen LogP contribution in [0.1, 0.15) is 48.6 Å². The van der Waals surface area contributed by atoms with Crippen molar-refractivity contribution in [2.75, 3.05) is 0 Å². The zero-order chi connectivity index (χ0) is 16.7. The molecule has 0 aliphatic carbocycles. The van der Waals surface area contributed by atoms with Gasteiger partial charge in [-0.1, -0.05) is 37.6 Å². The van der Waals surface area contributed by atoms with Gasteiger partial charge in [-0.05, 0) is 36.6 Å². The van der Waals surface area contributed by atoms with Crippen molar-refractivity contribution in [1.82, 2.24) is 14.6 Å². The highest BCUT2D eigenvalue weighted by Gasteiger charge is 2.19. The Labute approximate surface area is 140 Å². The van der Waals surface area contributed by atoms with Gasteiger partial charge in [0.1, 0.15) is 5.69 Å². The highest BCUT2D eigenvalue weighted by atomic mass is 35.5. The molecule has 2 heterocycles. The Balaban J connectivity index is 2.39. The minimum atomic E-state index is -0.0507. The van der Waals surface area contributed by atoms with Crippen molar-refractivity contribution in [2.45, 2.75) is 33.6 Å². The van der Waals surface area contributed by atoms with E-state index in [0.29, 0.717) is 16.4 Å². The van der Waals surface area contributed by atoms with E-state index in [-0.39, 0.29) is 11.7 Å². The van der Waals surface area contributed by atoms with E-state index < -0.39 is 0 Å².